The van der Waals surface area contributed by atoms with E-state index in [0.29, 0.717) is 24.9 Å². The van der Waals surface area contributed by atoms with E-state index in [1.54, 1.807) is 40.7 Å². The Labute approximate surface area is 165 Å². The number of hydrogen-bond donors (Lipinski definition) is 1. The highest BCUT2D eigenvalue weighted by Gasteiger charge is 2.62. The first-order chi connectivity index (χ1) is 12.8. The number of Topliss-reactive ketones (excluding diaryl/α,β-unsaturated/α-hetero) is 1. The van der Waals surface area contributed by atoms with Crippen LogP contribution in [0.3, 0.4) is 0 Å². The van der Waals surface area contributed by atoms with E-state index < -0.39 is 34.3 Å². The molecule has 3 aliphatic rings. The molecule has 2 fully saturated rings. The van der Waals surface area contributed by atoms with Crippen LogP contribution in [0.1, 0.15) is 60.8 Å². The van der Waals surface area contributed by atoms with Crippen LogP contribution in [0.4, 0.5) is 0 Å². The second-order valence-corrected chi connectivity index (χ2v) is 9.57. The topological polar surface area (TPSA) is 102 Å². The lowest BCUT2D eigenvalue weighted by molar-refractivity contribution is -0.206. The standard InChI is InChI=1S/C21H30O7/c1-12-20(5,28-12)17(24)27-16-7-8-19(4)10-14(23)13(18(2,3)25)9-15(19)21(16,6)26-11-22/h9,11-12,15-16,25H,7-8,10H2,1-6H3/t12-,15+,16+,19+,20-,21-/m0/s1. The molecule has 0 aromatic heterocycles. The van der Waals surface area contributed by atoms with Gasteiger partial charge in [0.05, 0.1) is 11.7 Å². The molecule has 2 aliphatic carbocycles. The van der Waals surface area contributed by atoms with Crippen LogP contribution < -0.4 is 0 Å². The molecule has 0 aromatic carbocycles. The van der Waals surface area contributed by atoms with Crippen molar-refractivity contribution in [1.29, 1.82) is 0 Å². The van der Waals surface area contributed by atoms with Gasteiger partial charge in [-0.3, -0.25) is 9.59 Å². The fraction of sp³-hybridized carbons (Fsp3) is 0.762. The zero-order chi connectivity index (χ0) is 21.1. The smallest absolute Gasteiger partial charge is 0.341 e. The summed E-state index contributed by atoms with van der Waals surface area (Å²) in [5.41, 5.74) is -3.60. The molecule has 156 valence electrons. The molecule has 0 radical (unpaired) electrons. The SMILES string of the molecule is C[C@@H]1O[C@]1(C)C(=O)O[C@@H]1CC[C@]2(C)CC(=O)C(C(C)(C)O)=C[C@H]2[C@]1(C)OC=O. The molecular formula is C21H30O7. The summed E-state index contributed by atoms with van der Waals surface area (Å²) in [6.45, 7) is 10.7. The molecule has 7 nitrogen and oxygen atoms in total. The van der Waals surface area contributed by atoms with Gasteiger partial charge in [-0.2, -0.15) is 0 Å². The number of carbonyl (C=O) groups excluding carboxylic acids is 3. The summed E-state index contributed by atoms with van der Waals surface area (Å²) in [4.78, 5) is 36.6. The van der Waals surface area contributed by atoms with Crippen LogP contribution in [0, 0.1) is 11.3 Å². The molecule has 0 unspecified atom stereocenters. The van der Waals surface area contributed by atoms with Crippen molar-refractivity contribution in [3.8, 4) is 0 Å². The number of epoxide rings is 1. The zero-order valence-electron chi connectivity index (χ0n) is 17.4. The van der Waals surface area contributed by atoms with Crippen LogP contribution in [-0.4, -0.2) is 52.3 Å². The molecule has 6 atom stereocenters. The molecule has 7 heteroatoms. The van der Waals surface area contributed by atoms with Gasteiger partial charge in [-0.05, 0) is 52.9 Å². The summed E-state index contributed by atoms with van der Waals surface area (Å²) >= 11 is 0. The average molecular weight is 394 g/mol. The third-order valence-electron chi connectivity index (χ3n) is 6.94. The number of rotatable bonds is 5. The number of ether oxygens (including phenoxy) is 3. The van der Waals surface area contributed by atoms with E-state index in [1.807, 2.05) is 6.92 Å². The molecule has 1 N–H and O–H groups in total. The van der Waals surface area contributed by atoms with Crippen molar-refractivity contribution in [3.05, 3.63) is 11.6 Å². The summed E-state index contributed by atoms with van der Waals surface area (Å²) in [6.07, 6.45) is 2.15. The molecule has 0 spiro atoms. The quantitative estimate of drug-likeness (QED) is 0.433. The Morgan fingerprint density at radius 2 is 1.96 bits per heavy atom. The molecule has 0 aromatic rings. The van der Waals surface area contributed by atoms with Crippen LogP contribution in [0.15, 0.2) is 11.6 Å². The van der Waals surface area contributed by atoms with Crippen LogP contribution in [0.2, 0.25) is 0 Å². The van der Waals surface area contributed by atoms with Gasteiger partial charge in [-0.15, -0.1) is 0 Å². The fourth-order valence-electron chi connectivity index (χ4n) is 4.85. The number of aliphatic hydroxyl groups is 1. The molecular weight excluding hydrogens is 364 g/mol. The molecule has 1 saturated heterocycles. The van der Waals surface area contributed by atoms with Crippen LogP contribution >= 0.6 is 0 Å². The van der Waals surface area contributed by atoms with E-state index >= 15 is 0 Å². The zero-order valence-corrected chi connectivity index (χ0v) is 17.4. The van der Waals surface area contributed by atoms with E-state index in [1.165, 1.54) is 0 Å². The number of carbonyl (C=O) groups is 3. The highest BCUT2D eigenvalue weighted by atomic mass is 16.7. The average Bonchev–Trinajstić information content (AvgIpc) is 3.17. The minimum Gasteiger partial charge on any atom is -0.457 e. The lowest BCUT2D eigenvalue weighted by Gasteiger charge is -2.54. The van der Waals surface area contributed by atoms with Gasteiger partial charge in [0.1, 0.15) is 6.10 Å². The Morgan fingerprint density at radius 3 is 2.46 bits per heavy atom. The molecule has 1 saturated carbocycles. The monoisotopic (exact) mass is 394 g/mol. The van der Waals surface area contributed by atoms with Gasteiger partial charge >= 0.3 is 5.97 Å². The molecule has 0 bridgehead atoms. The van der Waals surface area contributed by atoms with Crippen LogP contribution in [0.25, 0.3) is 0 Å². The van der Waals surface area contributed by atoms with E-state index in [-0.39, 0.29) is 24.2 Å². The van der Waals surface area contributed by atoms with Crippen molar-refractivity contribution in [2.24, 2.45) is 11.3 Å². The van der Waals surface area contributed by atoms with E-state index in [0.717, 1.165) is 0 Å². The van der Waals surface area contributed by atoms with Gasteiger partial charge in [0, 0.05) is 17.9 Å². The van der Waals surface area contributed by atoms with E-state index in [9.17, 15) is 19.5 Å². The van der Waals surface area contributed by atoms with Crippen molar-refractivity contribution < 1.29 is 33.7 Å². The maximum absolute atomic E-state index is 12.7. The molecule has 28 heavy (non-hydrogen) atoms. The molecule has 0 amide bonds. The van der Waals surface area contributed by atoms with Crippen LogP contribution in [0.5, 0.6) is 0 Å². The Morgan fingerprint density at radius 1 is 1.36 bits per heavy atom. The predicted molar refractivity (Wildman–Crippen MR) is 99.2 cm³/mol. The normalized spacial score (nSPS) is 42.9. The Hall–Kier alpha value is -1.73. The fourth-order valence-corrected chi connectivity index (χ4v) is 4.85. The highest BCUT2D eigenvalue weighted by Crippen LogP contribution is 2.55. The highest BCUT2D eigenvalue weighted by molar-refractivity contribution is 5.98. The Balaban J connectivity index is 1.98. The van der Waals surface area contributed by atoms with Gasteiger partial charge in [-0.1, -0.05) is 13.0 Å². The van der Waals surface area contributed by atoms with Gasteiger partial charge in [0.2, 0.25) is 0 Å². The summed E-state index contributed by atoms with van der Waals surface area (Å²) in [7, 11) is 0. The largest absolute Gasteiger partial charge is 0.457 e. The van der Waals surface area contributed by atoms with E-state index in [4.69, 9.17) is 14.2 Å². The first-order valence-electron chi connectivity index (χ1n) is 9.76. The molecule has 3 rings (SSSR count). The van der Waals surface area contributed by atoms with Gasteiger partial charge in [0.25, 0.3) is 6.47 Å². The first-order valence-corrected chi connectivity index (χ1v) is 9.76. The second-order valence-electron chi connectivity index (χ2n) is 9.57. The van der Waals surface area contributed by atoms with Crippen molar-refractivity contribution in [2.75, 3.05) is 0 Å². The Kier molecular flexibility index (Phi) is 4.79. The van der Waals surface area contributed by atoms with Crippen molar-refractivity contribution in [1.82, 2.24) is 0 Å². The number of hydrogen-bond acceptors (Lipinski definition) is 7. The van der Waals surface area contributed by atoms with Gasteiger partial charge in [0.15, 0.2) is 17.0 Å². The summed E-state index contributed by atoms with van der Waals surface area (Å²) in [6, 6.07) is 0. The number of esters is 1. The maximum Gasteiger partial charge on any atom is 0.341 e. The lowest BCUT2D eigenvalue weighted by Crippen LogP contribution is -2.61. The van der Waals surface area contributed by atoms with E-state index in [2.05, 4.69) is 0 Å². The summed E-state index contributed by atoms with van der Waals surface area (Å²) < 4.78 is 16.7. The predicted octanol–water partition coefficient (Wildman–Crippen LogP) is 2.09. The van der Waals surface area contributed by atoms with Crippen molar-refractivity contribution in [3.63, 3.8) is 0 Å². The minimum atomic E-state index is -1.31. The first kappa shape index (κ1) is 21.0. The minimum absolute atomic E-state index is 0.108. The lowest BCUT2D eigenvalue weighted by atomic mass is 9.54. The Bertz CT molecular complexity index is 736. The van der Waals surface area contributed by atoms with Crippen molar-refractivity contribution >= 4 is 18.2 Å². The maximum atomic E-state index is 12.7. The number of ketones is 1. The van der Waals surface area contributed by atoms with Gasteiger partial charge in [-0.25, -0.2) is 4.79 Å². The number of fused-ring (bicyclic) bond motifs is 1. The molecule has 1 aliphatic heterocycles. The third kappa shape index (κ3) is 3.18. The third-order valence-corrected chi connectivity index (χ3v) is 6.94. The van der Waals surface area contributed by atoms with Crippen molar-refractivity contribution in [2.45, 2.75) is 89.8 Å². The summed E-state index contributed by atoms with van der Waals surface area (Å²) in [5.74, 6) is -0.975. The molecule has 1 heterocycles. The van der Waals surface area contributed by atoms with Gasteiger partial charge < -0.3 is 19.3 Å². The second kappa shape index (κ2) is 6.39. The van der Waals surface area contributed by atoms with Crippen LogP contribution in [-0.2, 0) is 28.6 Å². The summed E-state index contributed by atoms with van der Waals surface area (Å²) in [5, 5.41) is 10.4.